The van der Waals surface area contributed by atoms with Crippen molar-refractivity contribution in [1.29, 1.82) is 0 Å². The van der Waals surface area contributed by atoms with Crippen LogP contribution in [0.4, 0.5) is 4.39 Å². The summed E-state index contributed by atoms with van der Waals surface area (Å²) in [7, 11) is 0. The lowest BCUT2D eigenvalue weighted by Gasteiger charge is -2.11. The molecule has 0 aliphatic rings. The quantitative estimate of drug-likeness (QED) is 0.459. The topological polar surface area (TPSA) is 58.3 Å². The first-order valence-electron chi connectivity index (χ1n) is 3.59. The monoisotopic (exact) mass is 170 g/mol. The van der Waals surface area contributed by atoms with E-state index in [1.807, 2.05) is 0 Å². The first kappa shape index (κ1) is 8.96. The number of halogens is 1. The summed E-state index contributed by atoms with van der Waals surface area (Å²) in [6, 6.07) is 3.65. The van der Waals surface area contributed by atoms with Gasteiger partial charge < -0.3 is 5.11 Å². The first-order valence-corrected chi connectivity index (χ1v) is 3.59. The molecule has 0 aromatic heterocycles. The molecule has 3 nitrogen and oxygen atoms in total. The third-order valence-corrected chi connectivity index (χ3v) is 1.71. The number of phenols is 1. The normalized spacial score (nSPS) is 12.9. The van der Waals surface area contributed by atoms with E-state index in [-0.39, 0.29) is 11.8 Å². The summed E-state index contributed by atoms with van der Waals surface area (Å²) in [5, 5.41) is 9.26. The molecule has 0 spiro atoms. The Morgan fingerprint density at radius 1 is 1.58 bits per heavy atom. The van der Waals surface area contributed by atoms with Crippen LogP contribution in [-0.2, 0) is 0 Å². The van der Waals surface area contributed by atoms with E-state index in [9.17, 15) is 9.50 Å². The van der Waals surface area contributed by atoms with Gasteiger partial charge in [0, 0.05) is 17.7 Å². The van der Waals surface area contributed by atoms with Crippen LogP contribution in [0.15, 0.2) is 18.2 Å². The average Bonchev–Trinajstić information content (AvgIpc) is 2.03. The number of hydrogen-bond donors (Lipinski definition) is 3. The minimum Gasteiger partial charge on any atom is -0.508 e. The Hall–Kier alpha value is -1.13. The fourth-order valence-corrected chi connectivity index (χ4v) is 0.973. The number of nitrogens with one attached hydrogen (secondary N) is 1. The lowest BCUT2D eigenvalue weighted by molar-refractivity contribution is 0.449. The van der Waals surface area contributed by atoms with E-state index in [4.69, 9.17) is 5.84 Å². The summed E-state index contributed by atoms with van der Waals surface area (Å²) in [6.45, 7) is 1.77. The van der Waals surface area contributed by atoms with Crippen LogP contribution in [-0.4, -0.2) is 5.11 Å². The highest BCUT2D eigenvalue weighted by molar-refractivity contribution is 5.34. The second kappa shape index (κ2) is 3.51. The highest BCUT2D eigenvalue weighted by Crippen LogP contribution is 2.23. The zero-order chi connectivity index (χ0) is 9.14. The van der Waals surface area contributed by atoms with Crippen LogP contribution in [0.5, 0.6) is 5.75 Å². The average molecular weight is 170 g/mol. The molecule has 12 heavy (non-hydrogen) atoms. The van der Waals surface area contributed by atoms with Gasteiger partial charge in [-0.3, -0.25) is 11.3 Å². The maximum atomic E-state index is 12.5. The van der Waals surface area contributed by atoms with Crippen LogP contribution in [0, 0.1) is 5.82 Å². The van der Waals surface area contributed by atoms with Gasteiger partial charge in [-0.2, -0.15) is 0 Å². The Balaban J connectivity index is 3.01. The Morgan fingerprint density at radius 2 is 2.25 bits per heavy atom. The van der Waals surface area contributed by atoms with E-state index in [1.54, 1.807) is 6.92 Å². The van der Waals surface area contributed by atoms with Gasteiger partial charge >= 0.3 is 0 Å². The summed E-state index contributed by atoms with van der Waals surface area (Å²) >= 11 is 0. The van der Waals surface area contributed by atoms with Crippen LogP contribution >= 0.6 is 0 Å². The second-order valence-corrected chi connectivity index (χ2v) is 2.59. The van der Waals surface area contributed by atoms with Gasteiger partial charge in [0.2, 0.25) is 0 Å². The molecule has 0 saturated carbocycles. The number of benzene rings is 1. The van der Waals surface area contributed by atoms with Crippen molar-refractivity contribution in [3.05, 3.63) is 29.6 Å². The van der Waals surface area contributed by atoms with E-state index in [0.717, 1.165) is 6.07 Å². The van der Waals surface area contributed by atoms with E-state index >= 15 is 0 Å². The van der Waals surface area contributed by atoms with Gasteiger partial charge in [-0.15, -0.1) is 0 Å². The molecule has 1 atom stereocenters. The van der Waals surface area contributed by atoms with Gasteiger partial charge in [-0.1, -0.05) is 6.07 Å². The molecule has 66 valence electrons. The van der Waals surface area contributed by atoms with Gasteiger partial charge in [0.25, 0.3) is 0 Å². The number of nitrogens with two attached hydrogens (primary N) is 1. The molecule has 4 N–H and O–H groups in total. The molecule has 0 radical (unpaired) electrons. The summed E-state index contributed by atoms with van der Waals surface area (Å²) in [5.41, 5.74) is 3.04. The number of rotatable bonds is 2. The molecule has 0 amide bonds. The third-order valence-electron chi connectivity index (χ3n) is 1.71. The fourth-order valence-electron chi connectivity index (χ4n) is 0.973. The molecule has 1 aromatic carbocycles. The van der Waals surface area contributed by atoms with Crippen LogP contribution in [0.2, 0.25) is 0 Å². The SMILES string of the molecule is C[C@H](NN)c1ccc(F)cc1O. The van der Waals surface area contributed by atoms with E-state index in [0.29, 0.717) is 5.56 Å². The molecule has 4 heteroatoms. The molecule has 0 bridgehead atoms. The molecule has 0 aliphatic heterocycles. The van der Waals surface area contributed by atoms with Crippen LogP contribution in [0.1, 0.15) is 18.5 Å². The molecule has 0 saturated heterocycles. The molecule has 1 rings (SSSR count). The summed E-state index contributed by atoms with van der Waals surface area (Å²) in [4.78, 5) is 0. The van der Waals surface area contributed by atoms with Crippen molar-refractivity contribution < 1.29 is 9.50 Å². The molecule has 1 aromatic rings. The Kier molecular flexibility index (Phi) is 2.62. The predicted octanol–water partition coefficient (Wildman–Crippen LogP) is 1.06. The fraction of sp³-hybridized carbons (Fsp3) is 0.250. The van der Waals surface area contributed by atoms with Crippen molar-refractivity contribution in [1.82, 2.24) is 5.43 Å². The summed E-state index contributed by atoms with van der Waals surface area (Å²) in [5.74, 6) is 4.62. The van der Waals surface area contributed by atoms with Crippen molar-refractivity contribution in [2.45, 2.75) is 13.0 Å². The maximum absolute atomic E-state index is 12.5. The van der Waals surface area contributed by atoms with Crippen molar-refractivity contribution in [2.75, 3.05) is 0 Å². The van der Waals surface area contributed by atoms with Crippen molar-refractivity contribution in [2.24, 2.45) is 5.84 Å². The van der Waals surface area contributed by atoms with E-state index < -0.39 is 5.82 Å². The second-order valence-electron chi connectivity index (χ2n) is 2.59. The molecular weight excluding hydrogens is 159 g/mol. The molecule has 0 unspecified atom stereocenters. The van der Waals surface area contributed by atoms with Crippen LogP contribution in [0.25, 0.3) is 0 Å². The van der Waals surface area contributed by atoms with Crippen molar-refractivity contribution in [3.8, 4) is 5.75 Å². The Labute approximate surface area is 70.0 Å². The van der Waals surface area contributed by atoms with Gasteiger partial charge in [0.05, 0.1) is 0 Å². The highest BCUT2D eigenvalue weighted by Gasteiger charge is 2.08. The minimum atomic E-state index is -0.458. The Morgan fingerprint density at radius 3 is 2.75 bits per heavy atom. The van der Waals surface area contributed by atoms with Gasteiger partial charge in [0.1, 0.15) is 11.6 Å². The van der Waals surface area contributed by atoms with Gasteiger partial charge in [-0.05, 0) is 13.0 Å². The minimum absolute atomic E-state index is 0.0829. The number of phenolic OH excluding ortho intramolecular Hbond substituents is 1. The number of hydrogen-bond acceptors (Lipinski definition) is 3. The molecule has 0 fully saturated rings. The van der Waals surface area contributed by atoms with Gasteiger partial charge in [0.15, 0.2) is 0 Å². The largest absolute Gasteiger partial charge is 0.508 e. The molecule has 0 heterocycles. The van der Waals surface area contributed by atoms with Crippen LogP contribution in [0.3, 0.4) is 0 Å². The smallest absolute Gasteiger partial charge is 0.126 e. The van der Waals surface area contributed by atoms with Crippen molar-refractivity contribution >= 4 is 0 Å². The zero-order valence-corrected chi connectivity index (χ0v) is 6.71. The first-order chi connectivity index (χ1) is 5.65. The van der Waals surface area contributed by atoms with Crippen molar-refractivity contribution in [3.63, 3.8) is 0 Å². The molecule has 0 aliphatic carbocycles. The zero-order valence-electron chi connectivity index (χ0n) is 6.71. The highest BCUT2D eigenvalue weighted by atomic mass is 19.1. The molecular formula is C8H11FN2O. The van der Waals surface area contributed by atoms with Gasteiger partial charge in [-0.25, -0.2) is 4.39 Å². The predicted molar refractivity (Wildman–Crippen MR) is 43.8 cm³/mol. The number of aromatic hydroxyl groups is 1. The summed E-state index contributed by atoms with van der Waals surface area (Å²) < 4.78 is 12.5. The standard InChI is InChI=1S/C8H11FN2O/c1-5(11-10)7-3-2-6(9)4-8(7)12/h2-5,11-12H,10H2,1H3/t5-/m0/s1. The van der Waals surface area contributed by atoms with E-state index in [1.165, 1.54) is 12.1 Å². The lowest BCUT2D eigenvalue weighted by atomic mass is 10.1. The number of hydrazine groups is 1. The van der Waals surface area contributed by atoms with Crippen LogP contribution < -0.4 is 11.3 Å². The summed E-state index contributed by atoms with van der Waals surface area (Å²) in [6.07, 6.45) is 0. The lowest BCUT2D eigenvalue weighted by Crippen LogP contribution is -2.25. The third kappa shape index (κ3) is 1.72. The maximum Gasteiger partial charge on any atom is 0.126 e. The van der Waals surface area contributed by atoms with E-state index in [2.05, 4.69) is 5.43 Å². The Bertz CT molecular complexity index is 278.